The molecule has 0 saturated carbocycles. The Morgan fingerprint density at radius 2 is 1.96 bits per heavy atom. The Bertz CT molecular complexity index is 733. The maximum Gasteiger partial charge on any atom is 0.224 e. The molecule has 0 saturated heterocycles. The second-order valence-corrected chi connectivity index (χ2v) is 4.52. The van der Waals surface area contributed by atoms with Gasteiger partial charge in [0, 0.05) is 23.9 Å². The second-order valence-electron chi connectivity index (χ2n) is 4.52. The van der Waals surface area contributed by atoms with Gasteiger partial charge in [-0.2, -0.15) is 4.90 Å². The number of allylic oxidation sites excluding steroid dienone is 3. The molecule has 1 aromatic carbocycles. The van der Waals surface area contributed by atoms with E-state index in [1.807, 2.05) is 6.07 Å². The molecule has 1 aromatic rings. The fourth-order valence-electron chi connectivity index (χ4n) is 1.79. The Labute approximate surface area is 136 Å². The third-order valence-corrected chi connectivity index (χ3v) is 2.86. The first-order valence-electron chi connectivity index (χ1n) is 6.66. The van der Waals surface area contributed by atoms with Crippen LogP contribution in [0.4, 0.5) is 5.69 Å². The number of hydrogen-bond donors (Lipinski definition) is 4. The monoisotopic (exact) mass is 330 g/mol. The molecule has 0 fully saturated rings. The van der Waals surface area contributed by atoms with Crippen LogP contribution in [0.5, 0.6) is 0 Å². The summed E-state index contributed by atoms with van der Waals surface area (Å²) in [6.45, 7) is 0. The molecule has 10 heteroatoms. The van der Waals surface area contributed by atoms with E-state index < -0.39 is 10.1 Å². The van der Waals surface area contributed by atoms with E-state index in [-0.39, 0.29) is 22.9 Å². The molecule has 0 unspecified atom stereocenters. The molecule has 1 aliphatic carbocycles. The standard InChI is InChI=1S/C14H14N6O4/c15-14(17-11-4-2-1-3-5-11)18-16-9-10-6-7-12(19(21)22)8-13(10)20(23)24/h1-9,16,23H,(H3-,15,17,18,21,22)/q-2. The van der Waals surface area contributed by atoms with Crippen molar-refractivity contribution in [3.05, 3.63) is 81.7 Å². The van der Waals surface area contributed by atoms with Gasteiger partial charge in [-0.1, -0.05) is 18.2 Å². The van der Waals surface area contributed by atoms with Crippen LogP contribution in [-0.2, 0) is 0 Å². The lowest BCUT2D eigenvalue weighted by Crippen LogP contribution is -2.39. The van der Waals surface area contributed by atoms with E-state index in [2.05, 4.69) is 15.8 Å². The number of nitrogens with two attached hydrogens (primary N) is 1. The van der Waals surface area contributed by atoms with Crippen molar-refractivity contribution in [2.45, 2.75) is 0 Å². The number of nitrogens with one attached hydrogen (secondary N) is 2. The molecule has 0 aliphatic heterocycles. The second kappa shape index (κ2) is 7.67. The predicted octanol–water partition coefficient (Wildman–Crippen LogP) is 0.703. The van der Waals surface area contributed by atoms with Gasteiger partial charge in [0.25, 0.3) is 0 Å². The van der Waals surface area contributed by atoms with Crippen LogP contribution >= 0.6 is 0 Å². The summed E-state index contributed by atoms with van der Waals surface area (Å²) >= 11 is 0. The molecule has 5 N–H and O–H groups in total. The van der Waals surface area contributed by atoms with E-state index in [1.54, 1.807) is 24.3 Å². The van der Waals surface area contributed by atoms with Crippen LogP contribution in [-0.4, -0.2) is 27.0 Å². The predicted molar refractivity (Wildman–Crippen MR) is 88.3 cm³/mol. The van der Waals surface area contributed by atoms with Crippen LogP contribution in [0.3, 0.4) is 0 Å². The summed E-state index contributed by atoms with van der Waals surface area (Å²) in [4.78, 5) is 3.40. The first-order chi connectivity index (χ1) is 11.5. The Kier molecular flexibility index (Phi) is 5.39. The van der Waals surface area contributed by atoms with Crippen molar-refractivity contribution in [1.29, 1.82) is 0 Å². The van der Waals surface area contributed by atoms with Crippen molar-refractivity contribution in [2.75, 3.05) is 0 Å². The van der Waals surface area contributed by atoms with Crippen LogP contribution in [0.15, 0.2) is 71.0 Å². The van der Waals surface area contributed by atoms with Gasteiger partial charge < -0.3 is 32.0 Å². The van der Waals surface area contributed by atoms with Crippen LogP contribution < -0.4 is 16.6 Å². The van der Waals surface area contributed by atoms with Gasteiger partial charge in [-0.15, -0.1) is 0 Å². The van der Waals surface area contributed by atoms with Gasteiger partial charge in [-0.3, -0.25) is 10.6 Å². The van der Waals surface area contributed by atoms with E-state index in [0.29, 0.717) is 5.69 Å². The van der Waals surface area contributed by atoms with E-state index >= 15 is 0 Å². The highest BCUT2D eigenvalue weighted by Crippen LogP contribution is 2.18. The summed E-state index contributed by atoms with van der Waals surface area (Å²) in [7, 11) is 0. The number of hydrazine groups is 1. The fourth-order valence-corrected chi connectivity index (χ4v) is 1.79. The summed E-state index contributed by atoms with van der Waals surface area (Å²) in [6, 6.07) is 8.97. The Morgan fingerprint density at radius 1 is 1.25 bits per heavy atom. The number of nitrogens with zero attached hydrogens (tertiary/aromatic N) is 3. The van der Waals surface area contributed by atoms with Crippen molar-refractivity contribution in [3.63, 3.8) is 0 Å². The Balaban J connectivity index is 2.06. The quantitative estimate of drug-likeness (QED) is 0.272. The van der Waals surface area contributed by atoms with Gasteiger partial charge in [0.2, 0.25) is 11.7 Å². The highest BCUT2D eigenvalue weighted by Gasteiger charge is 2.13. The zero-order valence-corrected chi connectivity index (χ0v) is 12.3. The van der Waals surface area contributed by atoms with Gasteiger partial charge in [0.15, 0.2) is 0 Å². The molecule has 10 nitrogen and oxygen atoms in total. The van der Waals surface area contributed by atoms with Crippen LogP contribution in [0.25, 0.3) is 0 Å². The zero-order chi connectivity index (χ0) is 17.5. The number of hydroxylamine groups is 2. The van der Waals surface area contributed by atoms with Crippen molar-refractivity contribution in [1.82, 2.24) is 16.1 Å². The summed E-state index contributed by atoms with van der Waals surface area (Å²) in [6.07, 6.45) is 4.74. The van der Waals surface area contributed by atoms with Crippen molar-refractivity contribution >= 4 is 17.4 Å². The average Bonchev–Trinajstić information content (AvgIpc) is 2.55. The van der Waals surface area contributed by atoms with Crippen molar-refractivity contribution in [3.8, 4) is 0 Å². The van der Waals surface area contributed by atoms with Crippen LogP contribution in [0.2, 0.25) is 0 Å². The topological polar surface area (TPSA) is 158 Å². The summed E-state index contributed by atoms with van der Waals surface area (Å²) < 4.78 is 0. The molecule has 126 valence electrons. The van der Waals surface area contributed by atoms with Crippen molar-refractivity contribution in [2.24, 2.45) is 10.7 Å². The maximum absolute atomic E-state index is 11.1. The minimum absolute atomic E-state index is 0.0592. The smallest absolute Gasteiger partial charge is 0.224 e. The molecule has 0 radical (unpaired) electrons. The molecule has 1 aliphatic rings. The molecular formula is C14H14N6O4-2. The number of rotatable bonds is 4. The maximum atomic E-state index is 11.1. The molecule has 0 atom stereocenters. The van der Waals surface area contributed by atoms with E-state index in [0.717, 1.165) is 6.08 Å². The summed E-state index contributed by atoms with van der Waals surface area (Å²) in [5.74, 6) is 0.0592. The summed E-state index contributed by atoms with van der Waals surface area (Å²) in [5.41, 5.74) is 11.1. The summed E-state index contributed by atoms with van der Waals surface area (Å²) in [5, 5.41) is 41.1. The van der Waals surface area contributed by atoms with E-state index in [4.69, 9.17) is 10.9 Å². The van der Waals surface area contributed by atoms with Crippen molar-refractivity contribution < 1.29 is 10.1 Å². The first kappa shape index (κ1) is 16.9. The van der Waals surface area contributed by atoms with Gasteiger partial charge >= 0.3 is 0 Å². The molecule has 24 heavy (non-hydrogen) atoms. The molecule has 0 heterocycles. The fraction of sp³-hybridized carbons (Fsp3) is 0. The van der Waals surface area contributed by atoms with E-state index in [9.17, 15) is 15.6 Å². The zero-order valence-electron chi connectivity index (χ0n) is 12.3. The average molecular weight is 330 g/mol. The number of benzene rings is 1. The number of para-hydroxylation sites is 1. The Morgan fingerprint density at radius 3 is 2.58 bits per heavy atom. The lowest BCUT2D eigenvalue weighted by atomic mass is 10.1. The van der Waals surface area contributed by atoms with Gasteiger partial charge in [0.1, 0.15) is 0 Å². The van der Waals surface area contributed by atoms with Gasteiger partial charge in [-0.25, -0.2) is 4.99 Å². The molecule has 2 rings (SSSR count). The molecule has 0 spiro atoms. The number of aliphatic imine (C=N–C) groups is 1. The highest BCUT2D eigenvalue weighted by atomic mass is 16.8. The lowest BCUT2D eigenvalue weighted by Gasteiger charge is -2.27. The lowest BCUT2D eigenvalue weighted by molar-refractivity contribution is -0.377. The van der Waals surface area contributed by atoms with E-state index in [1.165, 1.54) is 18.4 Å². The molecular weight excluding hydrogens is 316 g/mol. The SMILES string of the molecule is NC(=Nc1ccccc1)NNC=C1C=CC(=[N+]([O-])[O-])C=C1N([O-])O. The van der Waals surface area contributed by atoms with Crippen LogP contribution in [0.1, 0.15) is 0 Å². The number of hydrogen-bond acceptors (Lipinski definition) is 7. The van der Waals surface area contributed by atoms with Gasteiger partial charge in [0.05, 0.1) is 11.4 Å². The minimum Gasteiger partial charge on any atom is -0.733 e. The molecule has 0 amide bonds. The first-order valence-corrected chi connectivity index (χ1v) is 6.66. The molecule has 0 aromatic heterocycles. The largest absolute Gasteiger partial charge is 0.733 e. The molecule has 0 bridgehead atoms. The normalized spacial score (nSPS) is 15.9. The third kappa shape index (κ3) is 4.50. The van der Waals surface area contributed by atoms with Crippen LogP contribution in [0, 0.1) is 15.6 Å². The minimum atomic E-state index is -0.674. The third-order valence-electron chi connectivity index (χ3n) is 2.86. The van der Waals surface area contributed by atoms with Gasteiger partial charge in [-0.05, 0) is 18.2 Å². The highest BCUT2D eigenvalue weighted by molar-refractivity contribution is 6.03. The number of guanidine groups is 1. The Hall–Kier alpha value is -3.50.